The van der Waals surface area contributed by atoms with Crippen molar-refractivity contribution in [1.82, 2.24) is 4.98 Å². The van der Waals surface area contributed by atoms with Crippen LogP contribution in [0.25, 0.3) is 0 Å². The second-order valence-corrected chi connectivity index (χ2v) is 6.09. The van der Waals surface area contributed by atoms with E-state index in [1.54, 1.807) is 24.5 Å². The molecule has 0 unspecified atom stereocenters. The fraction of sp³-hybridized carbons (Fsp3) is 0.438. The van der Waals surface area contributed by atoms with Crippen molar-refractivity contribution in [3.63, 3.8) is 0 Å². The summed E-state index contributed by atoms with van der Waals surface area (Å²) >= 11 is 0. The van der Waals surface area contributed by atoms with Crippen LogP contribution in [-0.2, 0) is 23.8 Å². The van der Waals surface area contributed by atoms with Gasteiger partial charge < -0.3 is 14.2 Å². The summed E-state index contributed by atoms with van der Waals surface area (Å²) in [5, 5.41) is 0. The maximum Gasteiger partial charge on any atom is 0.241 e. The number of pyridine rings is 1. The Labute approximate surface area is 131 Å². The van der Waals surface area contributed by atoms with E-state index in [1.807, 2.05) is 12.2 Å². The molecule has 0 radical (unpaired) electrons. The third-order valence-corrected chi connectivity index (χ3v) is 4.99. The van der Waals surface area contributed by atoms with Crippen LogP contribution in [0.1, 0.15) is 0 Å². The van der Waals surface area contributed by atoms with Gasteiger partial charge in [-0.3, -0.25) is 14.6 Å². The minimum absolute atomic E-state index is 0.236. The smallest absolute Gasteiger partial charge is 0.241 e. The summed E-state index contributed by atoms with van der Waals surface area (Å²) in [5.74, 6) is -1.63. The van der Waals surface area contributed by atoms with E-state index in [-0.39, 0.29) is 11.8 Å². The first-order chi connectivity index (χ1) is 11.2. The van der Waals surface area contributed by atoms with Gasteiger partial charge in [0.15, 0.2) is 11.9 Å². The van der Waals surface area contributed by atoms with Gasteiger partial charge in [-0.15, -0.1) is 0 Å². The molecular weight excluding hydrogens is 300 g/mol. The van der Waals surface area contributed by atoms with Crippen LogP contribution < -0.4 is 4.90 Å². The van der Waals surface area contributed by atoms with Crippen LogP contribution in [0.2, 0.25) is 0 Å². The maximum atomic E-state index is 13.0. The van der Waals surface area contributed by atoms with E-state index in [2.05, 4.69) is 4.98 Å². The largest absolute Gasteiger partial charge is 0.357 e. The molecule has 4 aliphatic rings. The van der Waals surface area contributed by atoms with E-state index >= 15 is 0 Å². The third-order valence-electron chi connectivity index (χ3n) is 4.99. The molecule has 118 valence electrons. The summed E-state index contributed by atoms with van der Waals surface area (Å²) in [7, 11) is 0. The molecule has 2 bridgehead atoms. The Morgan fingerprint density at radius 3 is 2.61 bits per heavy atom. The first-order valence-electron chi connectivity index (χ1n) is 7.60. The van der Waals surface area contributed by atoms with E-state index in [0.717, 1.165) is 0 Å². The SMILES string of the molecule is O=C1[C@@H]2[C@@H](C(=O)N1c1ccncc1)[C@@]1(C3OCCO3)C=C[C@H]2O1. The van der Waals surface area contributed by atoms with Crippen LogP contribution in [0.4, 0.5) is 5.69 Å². The predicted octanol–water partition coefficient (Wildman–Crippen LogP) is 0.267. The predicted molar refractivity (Wildman–Crippen MR) is 76.1 cm³/mol. The molecule has 5 heterocycles. The molecule has 0 aliphatic carbocycles. The van der Waals surface area contributed by atoms with Gasteiger partial charge in [0.05, 0.1) is 36.8 Å². The van der Waals surface area contributed by atoms with Crippen molar-refractivity contribution in [2.45, 2.75) is 18.0 Å². The molecule has 3 fully saturated rings. The highest BCUT2D eigenvalue weighted by atomic mass is 16.7. The van der Waals surface area contributed by atoms with Crippen LogP contribution in [-0.4, -0.2) is 48.0 Å². The summed E-state index contributed by atoms with van der Waals surface area (Å²) in [6.07, 6.45) is 5.74. The topological polar surface area (TPSA) is 78.0 Å². The average molecular weight is 314 g/mol. The summed E-state index contributed by atoms with van der Waals surface area (Å²) in [5.41, 5.74) is -0.465. The number of ether oxygens (including phenoxy) is 3. The van der Waals surface area contributed by atoms with E-state index in [9.17, 15) is 9.59 Å². The van der Waals surface area contributed by atoms with Gasteiger partial charge in [-0.2, -0.15) is 0 Å². The molecule has 7 heteroatoms. The van der Waals surface area contributed by atoms with Gasteiger partial charge in [-0.1, -0.05) is 6.08 Å². The van der Waals surface area contributed by atoms with E-state index in [4.69, 9.17) is 14.2 Å². The maximum absolute atomic E-state index is 13.0. The lowest BCUT2D eigenvalue weighted by molar-refractivity contribution is -0.180. The van der Waals surface area contributed by atoms with Gasteiger partial charge >= 0.3 is 0 Å². The van der Waals surface area contributed by atoms with Gasteiger partial charge in [-0.25, -0.2) is 4.90 Å². The molecule has 7 nitrogen and oxygen atoms in total. The van der Waals surface area contributed by atoms with Crippen LogP contribution in [0, 0.1) is 11.8 Å². The number of aromatic nitrogens is 1. The normalized spacial score (nSPS) is 38.8. The van der Waals surface area contributed by atoms with Gasteiger partial charge in [0, 0.05) is 12.4 Å². The highest BCUT2D eigenvalue weighted by Gasteiger charge is 2.71. The zero-order valence-corrected chi connectivity index (χ0v) is 12.1. The molecule has 23 heavy (non-hydrogen) atoms. The lowest BCUT2D eigenvalue weighted by atomic mass is 9.76. The molecule has 3 saturated heterocycles. The fourth-order valence-corrected chi connectivity index (χ4v) is 4.07. The summed E-state index contributed by atoms with van der Waals surface area (Å²) in [4.78, 5) is 31.0. The Kier molecular flexibility index (Phi) is 2.60. The first-order valence-corrected chi connectivity index (χ1v) is 7.60. The zero-order valence-electron chi connectivity index (χ0n) is 12.1. The Morgan fingerprint density at radius 1 is 1.13 bits per heavy atom. The highest BCUT2D eigenvalue weighted by molar-refractivity contribution is 6.23. The van der Waals surface area contributed by atoms with Crippen molar-refractivity contribution in [3.05, 3.63) is 36.7 Å². The summed E-state index contributed by atoms with van der Waals surface area (Å²) in [6, 6.07) is 3.31. The second-order valence-electron chi connectivity index (χ2n) is 6.09. The number of amides is 2. The zero-order chi connectivity index (χ0) is 15.6. The first kappa shape index (κ1) is 13.4. The lowest BCUT2D eigenvalue weighted by Gasteiger charge is -2.32. The van der Waals surface area contributed by atoms with Gasteiger partial charge in [0.25, 0.3) is 0 Å². The number of nitrogens with zero attached hydrogens (tertiary/aromatic N) is 2. The van der Waals surface area contributed by atoms with E-state index in [1.165, 1.54) is 4.90 Å². The van der Waals surface area contributed by atoms with Crippen LogP contribution in [0.5, 0.6) is 0 Å². The number of carbonyl (C=O) groups excluding carboxylic acids is 2. The van der Waals surface area contributed by atoms with E-state index < -0.39 is 29.8 Å². The summed E-state index contributed by atoms with van der Waals surface area (Å²) in [6.45, 7) is 0.920. The third kappa shape index (κ3) is 1.56. The number of imide groups is 1. The molecule has 2 amide bonds. The second kappa shape index (κ2) is 4.47. The van der Waals surface area contributed by atoms with Crippen molar-refractivity contribution < 1.29 is 23.8 Å². The van der Waals surface area contributed by atoms with Crippen molar-refractivity contribution in [3.8, 4) is 0 Å². The highest BCUT2D eigenvalue weighted by Crippen LogP contribution is 2.54. The molecule has 0 spiro atoms. The Hall–Kier alpha value is -2.09. The summed E-state index contributed by atoms with van der Waals surface area (Å²) < 4.78 is 17.2. The molecule has 5 rings (SSSR count). The molecule has 1 aromatic rings. The minimum Gasteiger partial charge on any atom is -0.357 e. The quantitative estimate of drug-likeness (QED) is 0.576. The number of fused-ring (bicyclic) bond motifs is 5. The molecule has 4 aliphatic heterocycles. The average Bonchev–Trinajstić information content (AvgIpc) is 3.32. The molecule has 0 aromatic carbocycles. The number of hydrogen-bond donors (Lipinski definition) is 0. The fourth-order valence-electron chi connectivity index (χ4n) is 4.07. The van der Waals surface area contributed by atoms with Gasteiger partial charge in [-0.05, 0) is 18.2 Å². The number of rotatable bonds is 2. The Morgan fingerprint density at radius 2 is 1.87 bits per heavy atom. The number of carbonyl (C=O) groups is 2. The monoisotopic (exact) mass is 314 g/mol. The number of anilines is 1. The standard InChI is InChI=1S/C16H14N2O5/c19-13-11-10-1-4-16(23-10,15-21-7-8-22-15)12(11)14(20)18(13)9-2-5-17-6-3-9/h1-6,10-12,15H,7-8H2/t10-,11+,12+,16-/m1/s1. The molecule has 1 aromatic heterocycles. The van der Waals surface area contributed by atoms with Crippen LogP contribution in [0.15, 0.2) is 36.7 Å². The Bertz CT molecular complexity index is 714. The molecular formula is C16H14N2O5. The van der Waals surface area contributed by atoms with Crippen molar-refractivity contribution in [1.29, 1.82) is 0 Å². The molecule has 4 atom stereocenters. The Balaban J connectivity index is 1.58. The molecule has 0 saturated carbocycles. The van der Waals surface area contributed by atoms with E-state index in [0.29, 0.717) is 18.9 Å². The minimum atomic E-state index is -1.000. The number of hydrogen-bond acceptors (Lipinski definition) is 6. The van der Waals surface area contributed by atoms with Crippen LogP contribution >= 0.6 is 0 Å². The van der Waals surface area contributed by atoms with Crippen molar-refractivity contribution in [2.75, 3.05) is 18.1 Å². The van der Waals surface area contributed by atoms with Gasteiger partial charge in [0.1, 0.15) is 0 Å². The van der Waals surface area contributed by atoms with Crippen LogP contribution in [0.3, 0.4) is 0 Å². The lowest BCUT2D eigenvalue weighted by Crippen LogP contribution is -2.49. The van der Waals surface area contributed by atoms with Gasteiger partial charge in [0.2, 0.25) is 11.8 Å². The van der Waals surface area contributed by atoms with Crippen molar-refractivity contribution >= 4 is 17.5 Å². The molecule has 0 N–H and O–H groups in total. The van der Waals surface area contributed by atoms with Crippen molar-refractivity contribution in [2.24, 2.45) is 11.8 Å².